The summed E-state index contributed by atoms with van der Waals surface area (Å²) in [5.74, 6) is 0.236. The Labute approximate surface area is 120 Å². The lowest BCUT2D eigenvalue weighted by Crippen LogP contribution is -2.14. The van der Waals surface area contributed by atoms with E-state index in [2.05, 4.69) is 20.7 Å². The van der Waals surface area contributed by atoms with Crippen molar-refractivity contribution in [2.45, 2.75) is 26.1 Å². The van der Waals surface area contributed by atoms with Gasteiger partial charge in [-0.3, -0.25) is 0 Å². The minimum atomic E-state index is -1.37. The van der Waals surface area contributed by atoms with Crippen molar-refractivity contribution in [2.75, 3.05) is 14.2 Å². The van der Waals surface area contributed by atoms with Crippen molar-refractivity contribution in [1.82, 2.24) is 0 Å². The molecular formula is C13H17BrO5. The monoisotopic (exact) mass is 332 g/mol. The van der Waals surface area contributed by atoms with Crippen molar-refractivity contribution >= 4 is 21.9 Å². The van der Waals surface area contributed by atoms with E-state index in [4.69, 9.17) is 9.47 Å². The van der Waals surface area contributed by atoms with Crippen LogP contribution in [0.5, 0.6) is 11.5 Å². The zero-order valence-electron chi connectivity index (χ0n) is 11.3. The first-order valence-corrected chi connectivity index (χ1v) is 6.50. The smallest absolute Gasteiger partial charge is 0.339 e. The molecule has 1 unspecified atom stereocenters. The van der Waals surface area contributed by atoms with Crippen LogP contribution in [0.4, 0.5) is 0 Å². The van der Waals surface area contributed by atoms with E-state index in [1.807, 2.05) is 13.8 Å². The zero-order chi connectivity index (χ0) is 14.6. The van der Waals surface area contributed by atoms with Crippen molar-refractivity contribution < 1.29 is 24.1 Å². The molecule has 5 nitrogen and oxygen atoms in total. The van der Waals surface area contributed by atoms with Gasteiger partial charge in [0.1, 0.15) is 0 Å². The number of carbonyl (C=O) groups excluding carboxylic acids is 1. The molecule has 1 atom stereocenters. The lowest BCUT2D eigenvalue weighted by Gasteiger charge is -2.17. The molecule has 106 valence electrons. The number of hydrogen-bond donors (Lipinski definition) is 1. The third-order valence-electron chi connectivity index (χ3n) is 2.36. The first-order valence-electron chi connectivity index (χ1n) is 5.70. The van der Waals surface area contributed by atoms with E-state index in [9.17, 15) is 9.90 Å². The molecule has 1 rings (SSSR count). The van der Waals surface area contributed by atoms with Gasteiger partial charge in [0.05, 0.1) is 20.3 Å². The number of halogens is 1. The zero-order valence-corrected chi connectivity index (χ0v) is 12.9. The van der Waals surface area contributed by atoms with Crippen LogP contribution in [0.1, 0.15) is 25.5 Å². The second-order valence-electron chi connectivity index (χ2n) is 4.12. The van der Waals surface area contributed by atoms with E-state index in [-0.39, 0.29) is 6.10 Å². The van der Waals surface area contributed by atoms with Crippen LogP contribution in [0.2, 0.25) is 0 Å². The Hall–Kier alpha value is -1.27. The molecule has 0 radical (unpaired) electrons. The third kappa shape index (κ3) is 3.84. The van der Waals surface area contributed by atoms with Crippen LogP contribution in [-0.2, 0) is 9.53 Å². The van der Waals surface area contributed by atoms with Crippen LogP contribution >= 0.6 is 15.9 Å². The molecule has 0 saturated heterocycles. The van der Waals surface area contributed by atoms with Gasteiger partial charge >= 0.3 is 5.97 Å². The van der Waals surface area contributed by atoms with Crippen molar-refractivity contribution in [3.8, 4) is 11.5 Å². The largest absolute Gasteiger partial charge is 0.493 e. The lowest BCUT2D eigenvalue weighted by atomic mass is 10.1. The first-order chi connectivity index (χ1) is 8.90. The van der Waals surface area contributed by atoms with Crippen LogP contribution in [0, 0.1) is 0 Å². The predicted octanol–water partition coefficient (Wildman–Crippen LogP) is 2.45. The highest BCUT2D eigenvalue weighted by Gasteiger charge is 2.23. The molecule has 1 aromatic carbocycles. The fourth-order valence-corrected chi connectivity index (χ4v) is 2.04. The number of carbonyl (C=O) groups is 1. The van der Waals surface area contributed by atoms with Gasteiger partial charge in [-0.1, -0.05) is 15.9 Å². The molecule has 0 heterocycles. The van der Waals surface area contributed by atoms with Crippen LogP contribution in [-0.4, -0.2) is 31.4 Å². The molecule has 0 bridgehead atoms. The number of benzene rings is 1. The SMILES string of the molecule is COC(=O)C(O)c1cc(OC)c(OC(C)C)cc1Br. The normalized spacial score (nSPS) is 12.2. The Bertz CT molecular complexity index is 459. The third-order valence-corrected chi connectivity index (χ3v) is 3.05. The Balaban J connectivity index is 3.19. The molecule has 19 heavy (non-hydrogen) atoms. The van der Waals surface area contributed by atoms with E-state index >= 15 is 0 Å². The van der Waals surface area contributed by atoms with Crippen LogP contribution in [0.3, 0.4) is 0 Å². The molecule has 0 fully saturated rings. The van der Waals surface area contributed by atoms with Gasteiger partial charge in [-0.15, -0.1) is 0 Å². The van der Waals surface area contributed by atoms with Crippen LogP contribution < -0.4 is 9.47 Å². The molecule has 0 aliphatic carbocycles. The van der Waals surface area contributed by atoms with Gasteiger partial charge in [-0.2, -0.15) is 0 Å². The summed E-state index contributed by atoms with van der Waals surface area (Å²) in [7, 11) is 2.71. The molecule has 0 saturated carbocycles. The van der Waals surface area contributed by atoms with Crippen molar-refractivity contribution in [3.05, 3.63) is 22.2 Å². The molecule has 0 aliphatic rings. The second kappa shape index (κ2) is 6.77. The summed E-state index contributed by atoms with van der Waals surface area (Å²) in [5, 5.41) is 9.86. The number of methoxy groups -OCH3 is 2. The van der Waals surface area contributed by atoms with Gasteiger partial charge in [-0.25, -0.2) is 4.79 Å². The number of ether oxygens (including phenoxy) is 3. The summed E-state index contributed by atoms with van der Waals surface area (Å²) in [6, 6.07) is 3.20. The van der Waals surface area contributed by atoms with Crippen molar-refractivity contribution in [2.24, 2.45) is 0 Å². The van der Waals surface area contributed by atoms with Crippen LogP contribution in [0.25, 0.3) is 0 Å². The van der Waals surface area contributed by atoms with E-state index in [0.717, 1.165) is 0 Å². The summed E-state index contributed by atoms with van der Waals surface area (Å²) in [5.41, 5.74) is 0.361. The summed E-state index contributed by atoms with van der Waals surface area (Å²) >= 11 is 3.30. The number of aliphatic hydroxyl groups excluding tert-OH is 1. The highest BCUT2D eigenvalue weighted by atomic mass is 79.9. The summed E-state index contributed by atoms with van der Waals surface area (Å²) in [6.07, 6.45) is -1.39. The Morgan fingerprint density at radius 3 is 2.37 bits per heavy atom. The highest BCUT2D eigenvalue weighted by molar-refractivity contribution is 9.10. The van der Waals surface area contributed by atoms with Gasteiger partial charge < -0.3 is 19.3 Å². The summed E-state index contributed by atoms with van der Waals surface area (Å²) < 4.78 is 15.8. The minimum Gasteiger partial charge on any atom is -0.493 e. The number of esters is 1. The van der Waals surface area contributed by atoms with Gasteiger partial charge in [0.2, 0.25) is 0 Å². The summed E-state index contributed by atoms with van der Waals surface area (Å²) in [6.45, 7) is 3.79. The Morgan fingerprint density at radius 2 is 1.89 bits per heavy atom. The van der Waals surface area contributed by atoms with Crippen molar-refractivity contribution in [1.29, 1.82) is 0 Å². The van der Waals surface area contributed by atoms with E-state index in [1.54, 1.807) is 12.1 Å². The highest BCUT2D eigenvalue weighted by Crippen LogP contribution is 2.37. The molecule has 1 aromatic rings. The fraction of sp³-hybridized carbons (Fsp3) is 0.462. The van der Waals surface area contributed by atoms with Crippen LogP contribution in [0.15, 0.2) is 16.6 Å². The number of rotatable bonds is 5. The molecule has 0 aromatic heterocycles. The van der Waals surface area contributed by atoms with E-state index < -0.39 is 12.1 Å². The Kier molecular flexibility index (Phi) is 5.62. The van der Waals surface area contributed by atoms with Crippen molar-refractivity contribution in [3.63, 3.8) is 0 Å². The first kappa shape index (κ1) is 15.8. The minimum absolute atomic E-state index is 0.0165. The maximum absolute atomic E-state index is 11.4. The second-order valence-corrected chi connectivity index (χ2v) is 4.97. The molecule has 0 aliphatic heterocycles. The average Bonchev–Trinajstić information content (AvgIpc) is 2.36. The molecule has 1 N–H and O–H groups in total. The van der Waals surface area contributed by atoms with Gasteiger partial charge in [-0.05, 0) is 26.0 Å². The topological polar surface area (TPSA) is 65.0 Å². The molecule has 6 heteroatoms. The Morgan fingerprint density at radius 1 is 1.26 bits per heavy atom. The standard InChI is InChI=1S/C13H17BrO5/c1-7(2)19-11-6-9(14)8(5-10(11)17-3)12(15)13(16)18-4/h5-7,12,15H,1-4H3. The maximum Gasteiger partial charge on any atom is 0.339 e. The number of hydrogen-bond acceptors (Lipinski definition) is 5. The molecule has 0 amide bonds. The van der Waals surface area contributed by atoms with E-state index in [0.29, 0.717) is 21.5 Å². The average molecular weight is 333 g/mol. The lowest BCUT2D eigenvalue weighted by molar-refractivity contribution is -0.150. The van der Waals surface area contributed by atoms with Gasteiger partial charge in [0, 0.05) is 10.0 Å². The quantitative estimate of drug-likeness (QED) is 0.839. The predicted molar refractivity (Wildman–Crippen MR) is 73.4 cm³/mol. The molecule has 0 spiro atoms. The fourth-order valence-electron chi connectivity index (χ4n) is 1.50. The van der Waals surface area contributed by atoms with Gasteiger partial charge in [0.15, 0.2) is 17.6 Å². The maximum atomic E-state index is 11.4. The van der Waals surface area contributed by atoms with Gasteiger partial charge in [0.25, 0.3) is 0 Å². The summed E-state index contributed by atoms with van der Waals surface area (Å²) in [4.78, 5) is 11.4. The van der Waals surface area contributed by atoms with E-state index in [1.165, 1.54) is 14.2 Å². The number of aliphatic hydroxyl groups is 1. The molecular weight excluding hydrogens is 316 g/mol.